The fourth-order valence-electron chi connectivity index (χ4n) is 2.51. The highest BCUT2D eigenvalue weighted by Crippen LogP contribution is 2.40. The van der Waals surface area contributed by atoms with Gasteiger partial charge in [-0.3, -0.25) is 4.79 Å². The van der Waals surface area contributed by atoms with Crippen molar-refractivity contribution in [3.05, 3.63) is 34.9 Å². The summed E-state index contributed by atoms with van der Waals surface area (Å²) in [5.41, 5.74) is 1.49. The maximum Gasteiger partial charge on any atom is 0.330 e. The van der Waals surface area contributed by atoms with Crippen molar-refractivity contribution in [3.63, 3.8) is 0 Å². The smallest absolute Gasteiger partial charge is 0.330 e. The van der Waals surface area contributed by atoms with Crippen molar-refractivity contribution in [2.75, 3.05) is 18.1 Å². The highest BCUT2D eigenvalue weighted by molar-refractivity contribution is 6.31. The lowest BCUT2D eigenvalue weighted by Gasteiger charge is -2.37. The lowest BCUT2D eigenvalue weighted by atomic mass is 10.0. The number of anilines is 1. The average molecular weight is 352 g/mol. The van der Waals surface area contributed by atoms with E-state index < -0.39 is 5.97 Å². The largest absolute Gasteiger partial charge is 0.486 e. The Morgan fingerprint density at radius 1 is 1.42 bits per heavy atom. The fraction of sp³-hybridized carbons (Fsp3) is 0.444. The number of amides is 1. The van der Waals surface area contributed by atoms with Gasteiger partial charge in [0.05, 0.1) is 18.8 Å². The SMILES string of the molecule is CCOC(=O)/C=C/C(=O)N1CC(C(C)C)Oc2c(C)cc(Cl)cc21. The molecule has 0 saturated carbocycles. The van der Waals surface area contributed by atoms with Gasteiger partial charge in [0.15, 0.2) is 0 Å². The van der Waals surface area contributed by atoms with Crippen LogP contribution in [0.25, 0.3) is 0 Å². The van der Waals surface area contributed by atoms with Gasteiger partial charge in [0.2, 0.25) is 0 Å². The first-order chi connectivity index (χ1) is 11.3. The summed E-state index contributed by atoms with van der Waals surface area (Å²) in [6, 6.07) is 3.51. The Morgan fingerprint density at radius 2 is 2.12 bits per heavy atom. The lowest BCUT2D eigenvalue weighted by molar-refractivity contribution is -0.137. The second-order valence-electron chi connectivity index (χ2n) is 6.01. The van der Waals surface area contributed by atoms with Gasteiger partial charge in [-0.05, 0) is 37.5 Å². The molecule has 1 aromatic carbocycles. The van der Waals surface area contributed by atoms with Gasteiger partial charge in [0.25, 0.3) is 5.91 Å². The molecule has 6 heteroatoms. The zero-order valence-electron chi connectivity index (χ0n) is 14.3. The van der Waals surface area contributed by atoms with Crippen LogP contribution in [0.2, 0.25) is 5.02 Å². The molecule has 1 heterocycles. The Balaban J connectivity index is 2.35. The summed E-state index contributed by atoms with van der Waals surface area (Å²) in [6.45, 7) is 8.35. The fourth-order valence-corrected chi connectivity index (χ4v) is 2.78. The van der Waals surface area contributed by atoms with E-state index in [-0.39, 0.29) is 24.5 Å². The number of ether oxygens (including phenoxy) is 2. The summed E-state index contributed by atoms with van der Waals surface area (Å²) in [5, 5.41) is 0.532. The first kappa shape index (κ1) is 18.3. The molecule has 1 unspecified atom stereocenters. The topological polar surface area (TPSA) is 55.8 Å². The van der Waals surface area contributed by atoms with Crippen LogP contribution >= 0.6 is 11.6 Å². The third kappa shape index (κ3) is 4.09. The zero-order valence-corrected chi connectivity index (χ0v) is 15.1. The van der Waals surface area contributed by atoms with Crippen LogP contribution in [0.5, 0.6) is 5.75 Å². The van der Waals surface area contributed by atoms with E-state index in [4.69, 9.17) is 21.1 Å². The van der Waals surface area contributed by atoms with E-state index in [0.717, 1.165) is 11.6 Å². The molecule has 0 radical (unpaired) electrons. The summed E-state index contributed by atoms with van der Waals surface area (Å²) in [7, 11) is 0. The van der Waals surface area contributed by atoms with Gasteiger partial charge in [-0.15, -0.1) is 0 Å². The number of esters is 1. The molecule has 1 aromatic rings. The Hall–Kier alpha value is -2.01. The highest BCUT2D eigenvalue weighted by Gasteiger charge is 2.32. The van der Waals surface area contributed by atoms with Gasteiger partial charge in [0.1, 0.15) is 11.9 Å². The zero-order chi connectivity index (χ0) is 17.9. The van der Waals surface area contributed by atoms with Crippen LogP contribution in [-0.4, -0.2) is 31.1 Å². The third-order valence-corrected chi connectivity index (χ3v) is 4.02. The van der Waals surface area contributed by atoms with Gasteiger partial charge >= 0.3 is 5.97 Å². The van der Waals surface area contributed by atoms with Crippen molar-refractivity contribution in [1.29, 1.82) is 0 Å². The number of halogens is 1. The normalized spacial score (nSPS) is 16.9. The van der Waals surface area contributed by atoms with Gasteiger partial charge < -0.3 is 14.4 Å². The lowest BCUT2D eigenvalue weighted by Crippen LogP contribution is -2.45. The number of carbonyl (C=O) groups is 2. The quantitative estimate of drug-likeness (QED) is 0.615. The molecule has 1 aliphatic rings. The molecule has 0 aromatic heterocycles. The van der Waals surface area contributed by atoms with Crippen molar-refractivity contribution in [1.82, 2.24) is 0 Å². The number of hydrogen-bond donors (Lipinski definition) is 0. The van der Waals surface area contributed by atoms with Crippen molar-refractivity contribution in [2.24, 2.45) is 5.92 Å². The van der Waals surface area contributed by atoms with Crippen molar-refractivity contribution < 1.29 is 19.1 Å². The van der Waals surface area contributed by atoms with E-state index >= 15 is 0 Å². The molecule has 0 saturated heterocycles. The number of fused-ring (bicyclic) bond motifs is 1. The molecule has 0 N–H and O–H groups in total. The number of rotatable bonds is 4. The maximum atomic E-state index is 12.6. The van der Waals surface area contributed by atoms with Crippen LogP contribution in [0.4, 0.5) is 5.69 Å². The van der Waals surface area contributed by atoms with E-state index in [9.17, 15) is 9.59 Å². The predicted octanol–water partition coefficient (Wildman–Crippen LogP) is 3.52. The van der Waals surface area contributed by atoms with Crippen molar-refractivity contribution >= 4 is 29.2 Å². The number of hydrogen-bond acceptors (Lipinski definition) is 4. The predicted molar refractivity (Wildman–Crippen MR) is 93.6 cm³/mol. The Labute approximate surface area is 147 Å². The van der Waals surface area contributed by atoms with Gasteiger partial charge in [-0.25, -0.2) is 4.79 Å². The van der Waals surface area contributed by atoms with Crippen LogP contribution in [0.3, 0.4) is 0 Å². The average Bonchev–Trinajstić information content (AvgIpc) is 2.51. The van der Waals surface area contributed by atoms with E-state index in [1.54, 1.807) is 24.0 Å². The monoisotopic (exact) mass is 351 g/mol. The van der Waals surface area contributed by atoms with Crippen LogP contribution in [-0.2, 0) is 14.3 Å². The van der Waals surface area contributed by atoms with E-state index in [0.29, 0.717) is 23.0 Å². The molecule has 5 nitrogen and oxygen atoms in total. The highest BCUT2D eigenvalue weighted by atomic mass is 35.5. The van der Waals surface area contributed by atoms with Crippen molar-refractivity contribution in [2.45, 2.75) is 33.8 Å². The van der Waals surface area contributed by atoms with Gasteiger partial charge in [-0.2, -0.15) is 0 Å². The first-order valence-electron chi connectivity index (χ1n) is 7.96. The number of nitrogens with zero attached hydrogens (tertiary/aromatic N) is 1. The molecule has 24 heavy (non-hydrogen) atoms. The minimum absolute atomic E-state index is 0.127. The molecule has 0 aliphatic carbocycles. The maximum absolute atomic E-state index is 12.6. The standard InChI is InChI=1S/C18H22ClNO4/c1-5-23-17(22)7-6-16(21)20-10-15(11(2)3)24-18-12(4)8-13(19)9-14(18)20/h6-9,11,15H,5,10H2,1-4H3/b7-6+. The molecule has 1 aliphatic heterocycles. The molecule has 0 fully saturated rings. The van der Waals surface area contributed by atoms with Gasteiger partial charge in [0, 0.05) is 17.2 Å². The van der Waals surface area contributed by atoms with Crippen LogP contribution in [0, 0.1) is 12.8 Å². The minimum Gasteiger partial charge on any atom is -0.486 e. The van der Waals surface area contributed by atoms with E-state index in [1.807, 2.05) is 20.8 Å². The number of aryl methyl sites for hydroxylation is 1. The summed E-state index contributed by atoms with van der Waals surface area (Å²) >= 11 is 6.13. The minimum atomic E-state index is -0.540. The van der Waals surface area contributed by atoms with E-state index in [2.05, 4.69) is 0 Å². The summed E-state index contributed by atoms with van der Waals surface area (Å²) in [4.78, 5) is 25.6. The first-order valence-corrected chi connectivity index (χ1v) is 8.34. The van der Waals surface area contributed by atoms with Crippen LogP contribution in [0.1, 0.15) is 26.3 Å². The molecule has 2 rings (SSSR count). The Bertz CT molecular complexity index is 669. The summed E-state index contributed by atoms with van der Waals surface area (Å²) in [5.74, 6) is 0.0433. The summed E-state index contributed by atoms with van der Waals surface area (Å²) in [6.07, 6.45) is 2.24. The molecule has 0 bridgehead atoms. The second-order valence-corrected chi connectivity index (χ2v) is 6.44. The van der Waals surface area contributed by atoms with Crippen LogP contribution < -0.4 is 9.64 Å². The summed E-state index contributed by atoms with van der Waals surface area (Å²) < 4.78 is 10.9. The number of carbonyl (C=O) groups excluding carboxylic acids is 2. The molecule has 130 valence electrons. The second kappa shape index (κ2) is 7.71. The van der Waals surface area contributed by atoms with E-state index in [1.165, 1.54) is 6.08 Å². The molecular weight excluding hydrogens is 330 g/mol. The van der Waals surface area contributed by atoms with Gasteiger partial charge in [-0.1, -0.05) is 25.4 Å². The third-order valence-electron chi connectivity index (χ3n) is 3.80. The molecule has 1 amide bonds. The molecular formula is C18H22ClNO4. The molecule has 0 spiro atoms. The Morgan fingerprint density at radius 3 is 2.75 bits per heavy atom. The Kier molecular flexibility index (Phi) is 5.89. The number of benzene rings is 1. The van der Waals surface area contributed by atoms with Crippen molar-refractivity contribution in [3.8, 4) is 5.75 Å². The van der Waals surface area contributed by atoms with Crippen LogP contribution in [0.15, 0.2) is 24.3 Å². The molecule has 1 atom stereocenters.